The van der Waals surface area contributed by atoms with Gasteiger partial charge in [-0.3, -0.25) is 14.6 Å². The molecule has 7 heteroatoms. The predicted octanol–water partition coefficient (Wildman–Crippen LogP) is 4.58. The van der Waals surface area contributed by atoms with Gasteiger partial charge in [-0.15, -0.1) is 0 Å². The fourth-order valence-corrected chi connectivity index (χ4v) is 4.81. The van der Waals surface area contributed by atoms with E-state index in [4.69, 9.17) is 9.47 Å². The van der Waals surface area contributed by atoms with E-state index in [1.54, 1.807) is 24.5 Å². The zero-order valence-corrected chi connectivity index (χ0v) is 18.9. The van der Waals surface area contributed by atoms with Crippen LogP contribution in [0.2, 0.25) is 0 Å². The fraction of sp³-hybridized carbons (Fsp3) is 0.296. The summed E-state index contributed by atoms with van der Waals surface area (Å²) in [7, 11) is 0. The molecule has 0 radical (unpaired) electrons. The van der Waals surface area contributed by atoms with Crippen LogP contribution in [0.15, 0.2) is 67.0 Å². The van der Waals surface area contributed by atoms with Crippen LogP contribution in [0.1, 0.15) is 53.6 Å². The normalized spacial score (nSPS) is 16.0. The maximum atomic E-state index is 13.6. The molecule has 2 aromatic carbocycles. The van der Waals surface area contributed by atoms with Crippen LogP contribution in [0.3, 0.4) is 0 Å². The molecule has 0 bridgehead atoms. The highest BCUT2D eigenvalue weighted by atomic mass is 16.7. The van der Waals surface area contributed by atoms with Crippen molar-refractivity contribution >= 4 is 17.5 Å². The molecule has 2 heterocycles. The van der Waals surface area contributed by atoms with Crippen LogP contribution in [-0.2, 0) is 16.8 Å². The van der Waals surface area contributed by atoms with Gasteiger partial charge in [-0.05, 0) is 60.4 Å². The Morgan fingerprint density at radius 2 is 1.71 bits per heavy atom. The zero-order valence-electron chi connectivity index (χ0n) is 18.9. The molecule has 2 N–H and O–H groups in total. The minimum absolute atomic E-state index is 0.0253. The van der Waals surface area contributed by atoms with Gasteiger partial charge in [-0.2, -0.15) is 0 Å². The lowest BCUT2D eigenvalue weighted by Gasteiger charge is -2.36. The number of benzene rings is 2. The van der Waals surface area contributed by atoms with Gasteiger partial charge >= 0.3 is 0 Å². The Kier molecular flexibility index (Phi) is 6.16. The van der Waals surface area contributed by atoms with Crippen LogP contribution in [-0.4, -0.2) is 23.6 Å². The summed E-state index contributed by atoms with van der Waals surface area (Å²) in [4.78, 5) is 30.0. The van der Waals surface area contributed by atoms with E-state index in [0.29, 0.717) is 23.5 Å². The number of anilines is 1. The molecule has 7 nitrogen and oxygen atoms in total. The quantitative estimate of drug-likeness (QED) is 0.566. The molecule has 1 aromatic heterocycles. The summed E-state index contributed by atoms with van der Waals surface area (Å²) >= 11 is 0. The molecule has 0 unspecified atom stereocenters. The highest BCUT2D eigenvalue weighted by molar-refractivity contribution is 6.04. The smallest absolute Gasteiger partial charge is 0.255 e. The van der Waals surface area contributed by atoms with Crippen molar-refractivity contribution in [1.29, 1.82) is 0 Å². The standard InChI is InChI=1S/C27H27N3O4/c31-25(20-9-13-28-14-10-20)30-22-6-4-5-19(15-22)17-29-26(32)27(11-2-1-3-12-27)21-7-8-23-24(16-21)34-18-33-23/h4-10,13-16H,1-3,11-12,17-18H2,(H,29,32)(H,30,31). The molecule has 0 atom stereocenters. The molecule has 174 valence electrons. The maximum absolute atomic E-state index is 13.6. The molecule has 0 spiro atoms. The number of carbonyl (C=O) groups excluding carboxylic acids is 2. The summed E-state index contributed by atoms with van der Waals surface area (Å²) in [5.41, 5.74) is 2.53. The average Bonchev–Trinajstić information content (AvgIpc) is 3.36. The lowest BCUT2D eigenvalue weighted by atomic mass is 9.68. The molecule has 1 saturated carbocycles. The van der Waals surface area contributed by atoms with E-state index in [9.17, 15) is 9.59 Å². The van der Waals surface area contributed by atoms with Crippen molar-refractivity contribution in [2.24, 2.45) is 0 Å². The zero-order chi connectivity index (χ0) is 23.4. The van der Waals surface area contributed by atoms with Gasteiger partial charge in [0.25, 0.3) is 5.91 Å². The molecule has 0 saturated heterocycles. The van der Waals surface area contributed by atoms with E-state index in [-0.39, 0.29) is 18.6 Å². The first-order valence-corrected chi connectivity index (χ1v) is 11.6. The third-order valence-electron chi connectivity index (χ3n) is 6.65. The molecule has 34 heavy (non-hydrogen) atoms. The summed E-state index contributed by atoms with van der Waals surface area (Å²) < 4.78 is 11.0. The van der Waals surface area contributed by atoms with Crippen LogP contribution >= 0.6 is 0 Å². The van der Waals surface area contributed by atoms with Gasteiger partial charge in [0.05, 0.1) is 5.41 Å². The number of hydrogen-bond acceptors (Lipinski definition) is 5. The van der Waals surface area contributed by atoms with Gasteiger partial charge in [0.2, 0.25) is 12.7 Å². The first-order chi connectivity index (χ1) is 16.6. The molecule has 1 aliphatic heterocycles. The van der Waals surface area contributed by atoms with Gasteiger partial charge in [-0.1, -0.05) is 37.5 Å². The number of ether oxygens (including phenoxy) is 2. The lowest BCUT2D eigenvalue weighted by Crippen LogP contribution is -2.45. The van der Waals surface area contributed by atoms with Crippen LogP contribution in [0.4, 0.5) is 5.69 Å². The SMILES string of the molecule is O=C(Nc1cccc(CNC(=O)C2(c3ccc4c(c3)OCO4)CCCCC2)c1)c1ccncc1. The number of amides is 2. The summed E-state index contributed by atoms with van der Waals surface area (Å²) in [5.74, 6) is 1.25. The van der Waals surface area contributed by atoms with Gasteiger partial charge in [0.15, 0.2) is 11.5 Å². The van der Waals surface area contributed by atoms with Crippen molar-refractivity contribution in [3.63, 3.8) is 0 Å². The van der Waals surface area contributed by atoms with Gasteiger partial charge in [0, 0.05) is 30.2 Å². The highest BCUT2D eigenvalue weighted by Crippen LogP contribution is 2.43. The van der Waals surface area contributed by atoms with Crippen LogP contribution in [0.5, 0.6) is 11.5 Å². The minimum atomic E-state index is -0.577. The summed E-state index contributed by atoms with van der Waals surface area (Å²) in [5, 5.41) is 6.06. The summed E-state index contributed by atoms with van der Waals surface area (Å²) in [6, 6.07) is 16.7. The van der Waals surface area contributed by atoms with E-state index in [1.807, 2.05) is 42.5 Å². The van der Waals surface area contributed by atoms with Crippen molar-refractivity contribution in [2.75, 3.05) is 12.1 Å². The predicted molar refractivity (Wildman–Crippen MR) is 128 cm³/mol. The summed E-state index contributed by atoms with van der Waals surface area (Å²) in [6.07, 6.45) is 7.95. The van der Waals surface area contributed by atoms with E-state index in [1.165, 1.54) is 0 Å². The second-order valence-electron chi connectivity index (χ2n) is 8.78. The molecule has 1 aliphatic carbocycles. The molecule has 5 rings (SSSR count). The molecule has 2 amide bonds. The van der Waals surface area contributed by atoms with E-state index in [2.05, 4.69) is 15.6 Å². The molecular formula is C27H27N3O4. The molecule has 1 fully saturated rings. The molecule has 3 aromatic rings. The fourth-order valence-electron chi connectivity index (χ4n) is 4.81. The largest absolute Gasteiger partial charge is 0.454 e. The second kappa shape index (κ2) is 9.55. The van der Waals surface area contributed by atoms with Crippen molar-refractivity contribution in [3.8, 4) is 11.5 Å². The Bertz CT molecular complexity index is 1190. The second-order valence-corrected chi connectivity index (χ2v) is 8.78. The maximum Gasteiger partial charge on any atom is 0.255 e. The Hall–Kier alpha value is -3.87. The van der Waals surface area contributed by atoms with Crippen molar-refractivity contribution < 1.29 is 19.1 Å². The number of fused-ring (bicyclic) bond motifs is 1. The van der Waals surface area contributed by atoms with Crippen LogP contribution in [0.25, 0.3) is 0 Å². The Morgan fingerprint density at radius 3 is 2.53 bits per heavy atom. The third-order valence-corrected chi connectivity index (χ3v) is 6.65. The average molecular weight is 458 g/mol. The summed E-state index contributed by atoms with van der Waals surface area (Å²) in [6.45, 7) is 0.593. The van der Waals surface area contributed by atoms with E-state index in [0.717, 1.165) is 49.0 Å². The Morgan fingerprint density at radius 1 is 0.912 bits per heavy atom. The van der Waals surface area contributed by atoms with Crippen LogP contribution < -0.4 is 20.1 Å². The number of aromatic nitrogens is 1. The first-order valence-electron chi connectivity index (χ1n) is 11.6. The third kappa shape index (κ3) is 4.46. The number of hydrogen-bond donors (Lipinski definition) is 2. The minimum Gasteiger partial charge on any atom is -0.454 e. The van der Waals surface area contributed by atoms with E-state index >= 15 is 0 Å². The van der Waals surface area contributed by atoms with Crippen molar-refractivity contribution in [1.82, 2.24) is 10.3 Å². The molecule has 2 aliphatic rings. The number of nitrogens with one attached hydrogen (secondary N) is 2. The van der Waals surface area contributed by atoms with Gasteiger partial charge in [0.1, 0.15) is 0 Å². The number of carbonyl (C=O) groups is 2. The van der Waals surface area contributed by atoms with Crippen LogP contribution in [0, 0.1) is 0 Å². The van der Waals surface area contributed by atoms with Gasteiger partial charge in [-0.25, -0.2) is 0 Å². The topological polar surface area (TPSA) is 89.6 Å². The van der Waals surface area contributed by atoms with E-state index < -0.39 is 5.41 Å². The van der Waals surface area contributed by atoms with Gasteiger partial charge < -0.3 is 20.1 Å². The van der Waals surface area contributed by atoms with Crippen molar-refractivity contribution in [3.05, 3.63) is 83.7 Å². The number of nitrogens with zero attached hydrogens (tertiary/aromatic N) is 1. The number of pyridine rings is 1. The Balaban J connectivity index is 1.29. The molecular weight excluding hydrogens is 430 g/mol. The highest BCUT2D eigenvalue weighted by Gasteiger charge is 2.41. The first kappa shape index (κ1) is 21.9. The lowest BCUT2D eigenvalue weighted by molar-refractivity contribution is -0.128. The van der Waals surface area contributed by atoms with Crippen molar-refractivity contribution in [2.45, 2.75) is 44.1 Å². The Labute approximate surface area is 198 Å². The number of rotatable bonds is 6. The monoisotopic (exact) mass is 457 g/mol.